The Bertz CT molecular complexity index is 272. The number of rotatable bonds is 2. The van der Waals surface area contributed by atoms with E-state index in [1.807, 2.05) is 37.3 Å². The molecule has 1 rings (SSSR count). The molecule has 0 heterocycles. The van der Waals surface area contributed by atoms with Crippen LogP contribution < -0.4 is 5.73 Å². The minimum Gasteiger partial charge on any atom is -0.398 e. The first-order valence-corrected chi connectivity index (χ1v) is 4.36. The van der Waals surface area contributed by atoms with Crippen LogP contribution in [0.15, 0.2) is 24.3 Å². The molecule has 0 unspecified atom stereocenters. The Labute approximate surface area is 77.8 Å². The third kappa shape index (κ3) is 2.02. The van der Waals surface area contributed by atoms with Crippen LogP contribution in [0.3, 0.4) is 0 Å². The topological polar surface area (TPSA) is 26.0 Å². The van der Waals surface area contributed by atoms with Crippen molar-refractivity contribution >= 4 is 23.4 Å². The first-order valence-electron chi connectivity index (χ1n) is 3.83. The molecule has 2 N–H and O–H groups in total. The first kappa shape index (κ1) is 9.14. The van der Waals surface area contributed by atoms with Gasteiger partial charge >= 0.3 is 0 Å². The summed E-state index contributed by atoms with van der Waals surface area (Å²) in [7, 11) is 0. The molecule has 0 saturated heterocycles. The SMILES string of the molecule is Cc1cccc(N)c1C=CCCl. The lowest BCUT2D eigenvalue weighted by atomic mass is 10.1. The molecular weight excluding hydrogens is 170 g/mol. The van der Waals surface area contributed by atoms with E-state index in [1.54, 1.807) is 0 Å². The maximum Gasteiger partial charge on any atom is 0.0407 e. The van der Waals surface area contributed by atoms with E-state index in [1.165, 1.54) is 5.56 Å². The van der Waals surface area contributed by atoms with E-state index >= 15 is 0 Å². The second kappa shape index (κ2) is 4.17. The summed E-state index contributed by atoms with van der Waals surface area (Å²) in [6.45, 7) is 2.03. The monoisotopic (exact) mass is 181 g/mol. The molecular formula is C10H12ClN. The molecule has 0 aliphatic carbocycles. The highest BCUT2D eigenvalue weighted by Crippen LogP contribution is 2.17. The van der Waals surface area contributed by atoms with Crippen LogP contribution in [-0.4, -0.2) is 5.88 Å². The van der Waals surface area contributed by atoms with Crippen molar-refractivity contribution in [2.45, 2.75) is 6.92 Å². The van der Waals surface area contributed by atoms with E-state index in [4.69, 9.17) is 17.3 Å². The number of aryl methyl sites for hydroxylation is 1. The van der Waals surface area contributed by atoms with Gasteiger partial charge in [0.1, 0.15) is 0 Å². The molecule has 12 heavy (non-hydrogen) atoms. The summed E-state index contributed by atoms with van der Waals surface area (Å²) in [4.78, 5) is 0. The number of allylic oxidation sites excluding steroid dienone is 1. The number of nitrogens with two attached hydrogens (primary N) is 1. The van der Waals surface area contributed by atoms with Gasteiger partial charge in [-0.3, -0.25) is 0 Å². The van der Waals surface area contributed by atoms with Crippen molar-refractivity contribution in [3.05, 3.63) is 35.4 Å². The van der Waals surface area contributed by atoms with E-state index < -0.39 is 0 Å². The summed E-state index contributed by atoms with van der Waals surface area (Å²) in [6, 6.07) is 5.87. The van der Waals surface area contributed by atoms with Gasteiger partial charge in [-0.05, 0) is 18.6 Å². The van der Waals surface area contributed by atoms with Crippen molar-refractivity contribution in [3.8, 4) is 0 Å². The van der Waals surface area contributed by atoms with Crippen molar-refractivity contribution in [1.29, 1.82) is 0 Å². The van der Waals surface area contributed by atoms with Crippen LogP contribution in [0, 0.1) is 6.92 Å². The lowest BCUT2D eigenvalue weighted by Crippen LogP contribution is -1.91. The van der Waals surface area contributed by atoms with E-state index in [0.717, 1.165) is 11.3 Å². The third-order valence-corrected chi connectivity index (χ3v) is 1.91. The van der Waals surface area contributed by atoms with Crippen LogP contribution in [0.2, 0.25) is 0 Å². The van der Waals surface area contributed by atoms with Crippen LogP contribution in [0.25, 0.3) is 6.08 Å². The van der Waals surface area contributed by atoms with Gasteiger partial charge in [0.15, 0.2) is 0 Å². The van der Waals surface area contributed by atoms with Crippen LogP contribution in [0.5, 0.6) is 0 Å². The Morgan fingerprint density at radius 2 is 2.25 bits per heavy atom. The van der Waals surface area contributed by atoms with Gasteiger partial charge in [0.25, 0.3) is 0 Å². The second-order valence-electron chi connectivity index (χ2n) is 2.63. The van der Waals surface area contributed by atoms with Gasteiger partial charge in [0, 0.05) is 17.1 Å². The fourth-order valence-electron chi connectivity index (χ4n) is 1.09. The quantitative estimate of drug-likeness (QED) is 0.551. The summed E-state index contributed by atoms with van der Waals surface area (Å²) in [5.41, 5.74) is 8.81. The molecule has 0 bridgehead atoms. The van der Waals surface area contributed by atoms with Gasteiger partial charge in [0.05, 0.1) is 0 Å². The van der Waals surface area contributed by atoms with Gasteiger partial charge in [-0.25, -0.2) is 0 Å². The number of hydrogen-bond acceptors (Lipinski definition) is 1. The van der Waals surface area contributed by atoms with Crippen LogP contribution in [0.4, 0.5) is 5.69 Å². The van der Waals surface area contributed by atoms with Crippen molar-refractivity contribution in [2.75, 3.05) is 11.6 Å². The first-order chi connectivity index (χ1) is 5.75. The number of benzene rings is 1. The van der Waals surface area contributed by atoms with E-state index in [9.17, 15) is 0 Å². The Hall–Kier alpha value is -0.950. The minimum atomic E-state index is 0.522. The summed E-state index contributed by atoms with van der Waals surface area (Å²) >= 11 is 5.53. The highest BCUT2D eigenvalue weighted by Gasteiger charge is 1.96. The van der Waals surface area contributed by atoms with Gasteiger partial charge < -0.3 is 5.73 Å². The summed E-state index contributed by atoms with van der Waals surface area (Å²) < 4.78 is 0. The zero-order valence-corrected chi connectivity index (χ0v) is 7.81. The zero-order chi connectivity index (χ0) is 8.97. The Morgan fingerprint density at radius 1 is 1.50 bits per heavy atom. The molecule has 0 saturated carbocycles. The van der Waals surface area contributed by atoms with Crippen molar-refractivity contribution < 1.29 is 0 Å². The molecule has 0 amide bonds. The number of alkyl halides is 1. The Kier molecular flexibility index (Phi) is 3.18. The number of nitrogen functional groups attached to an aromatic ring is 1. The summed E-state index contributed by atoms with van der Waals surface area (Å²) in [5.74, 6) is 0.522. The van der Waals surface area contributed by atoms with Gasteiger partial charge in [-0.1, -0.05) is 24.3 Å². The average molecular weight is 182 g/mol. The zero-order valence-electron chi connectivity index (χ0n) is 7.05. The molecule has 0 aliphatic heterocycles. The van der Waals surface area contributed by atoms with E-state index in [-0.39, 0.29) is 0 Å². The smallest absolute Gasteiger partial charge is 0.0407 e. The Morgan fingerprint density at radius 3 is 2.83 bits per heavy atom. The van der Waals surface area contributed by atoms with Crippen LogP contribution >= 0.6 is 11.6 Å². The van der Waals surface area contributed by atoms with E-state index in [2.05, 4.69) is 0 Å². The van der Waals surface area contributed by atoms with Crippen LogP contribution in [0.1, 0.15) is 11.1 Å². The normalized spacial score (nSPS) is 10.8. The fraction of sp³-hybridized carbons (Fsp3) is 0.200. The maximum atomic E-state index is 5.77. The van der Waals surface area contributed by atoms with Crippen LogP contribution in [-0.2, 0) is 0 Å². The molecule has 1 aromatic carbocycles. The molecule has 1 nitrogen and oxygen atoms in total. The lowest BCUT2D eigenvalue weighted by molar-refractivity contribution is 1.44. The maximum absolute atomic E-state index is 5.77. The molecule has 0 fully saturated rings. The standard InChI is InChI=1S/C10H12ClN/c1-8-4-2-6-10(12)9(8)5-3-7-11/h2-6H,7,12H2,1H3. The minimum absolute atomic E-state index is 0.522. The molecule has 0 aliphatic rings. The number of halogens is 1. The van der Waals surface area contributed by atoms with Gasteiger partial charge in [-0.15, -0.1) is 11.6 Å². The average Bonchev–Trinajstić information content (AvgIpc) is 2.04. The van der Waals surface area contributed by atoms with E-state index in [0.29, 0.717) is 5.88 Å². The third-order valence-electron chi connectivity index (χ3n) is 1.73. The molecule has 2 heteroatoms. The molecule has 0 atom stereocenters. The largest absolute Gasteiger partial charge is 0.398 e. The highest BCUT2D eigenvalue weighted by atomic mass is 35.5. The predicted octanol–water partition coefficient (Wildman–Crippen LogP) is 2.83. The molecule has 1 aromatic rings. The number of anilines is 1. The van der Waals surface area contributed by atoms with Gasteiger partial charge in [0.2, 0.25) is 0 Å². The second-order valence-corrected chi connectivity index (χ2v) is 2.94. The summed E-state index contributed by atoms with van der Waals surface area (Å²) in [5, 5.41) is 0. The number of hydrogen-bond donors (Lipinski definition) is 1. The molecule has 0 spiro atoms. The molecule has 0 radical (unpaired) electrons. The van der Waals surface area contributed by atoms with Gasteiger partial charge in [-0.2, -0.15) is 0 Å². The van der Waals surface area contributed by atoms with Crippen molar-refractivity contribution in [1.82, 2.24) is 0 Å². The summed E-state index contributed by atoms with van der Waals surface area (Å²) in [6.07, 6.45) is 3.85. The molecule has 0 aromatic heterocycles. The predicted molar refractivity (Wildman–Crippen MR) is 55.3 cm³/mol. The Balaban J connectivity index is 3.04. The van der Waals surface area contributed by atoms with Crippen molar-refractivity contribution in [3.63, 3.8) is 0 Å². The lowest BCUT2D eigenvalue weighted by Gasteiger charge is -2.03. The highest BCUT2D eigenvalue weighted by molar-refractivity contribution is 6.19. The van der Waals surface area contributed by atoms with Crippen molar-refractivity contribution in [2.24, 2.45) is 0 Å². The fourth-order valence-corrected chi connectivity index (χ4v) is 1.18. The molecule has 64 valence electrons.